The van der Waals surface area contributed by atoms with Gasteiger partial charge in [-0.05, 0) is 19.3 Å². The van der Waals surface area contributed by atoms with Crippen LogP contribution in [0.3, 0.4) is 0 Å². The van der Waals surface area contributed by atoms with Crippen LogP contribution in [-0.2, 0) is 19.6 Å². The number of sulfonamides is 1. The Balaban J connectivity index is 2.47. The van der Waals surface area contributed by atoms with E-state index >= 15 is 0 Å². The zero-order valence-corrected chi connectivity index (χ0v) is 12.5. The van der Waals surface area contributed by atoms with Gasteiger partial charge >= 0.3 is 0 Å². The van der Waals surface area contributed by atoms with E-state index in [0.29, 0.717) is 13.2 Å². The number of carbonyl (C=O) groups is 1. The molecule has 1 amide bonds. The van der Waals surface area contributed by atoms with Crippen LogP contribution >= 0.6 is 0 Å². The number of hydrogen-bond acceptors (Lipinski definition) is 4. The van der Waals surface area contributed by atoms with Gasteiger partial charge in [0.2, 0.25) is 15.9 Å². The molecule has 0 aromatic rings. The summed E-state index contributed by atoms with van der Waals surface area (Å²) in [6.07, 6.45) is 4.73. The Morgan fingerprint density at radius 3 is 2.74 bits per heavy atom. The number of hydrogen-bond donors (Lipinski definition) is 1. The second-order valence-electron chi connectivity index (χ2n) is 4.89. The summed E-state index contributed by atoms with van der Waals surface area (Å²) in [5, 5.41) is 2.73. The molecule has 112 valence electrons. The molecule has 1 saturated heterocycles. The average Bonchev–Trinajstić information content (AvgIpc) is 2.80. The average molecular weight is 292 g/mol. The normalized spacial score (nSPS) is 19.8. The molecule has 0 aromatic heterocycles. The van der Waals surface area contributed by atoms with E-state index in [-0.39, 0.29) is 25.1 Å². The van der Waals surface area contributed by atoms with Gasteiger partial charge in [-0.15, -0.1) is 0 Å². The van der Waals surface area contributed by atoms with Crippen molar-refractivity contribution in [3.8, 4) is 0 Å². The van der Waals surface area contributed by atoms with Gasteiger partial charge in [-0.3, -0.25) is 4.79 Å². The van der Waals surface area contributed by atoms with Gasteiger partial charge in [0.1, 0.15) is 0 Å². The minimum absolute atomic E-state index is 0.0850. The molecule has 0 saturated carbocycles. The lowest BCUT2D eigenvalue weighted by molar-refractivity contribution is -0.121. The van der Waals surface area contributed by atoms with Crippen molar-refractivity contribution < 1.29 is 17.9 Å². The first kappa shape index (κ1) is 16.4. The van der Waals surface area contributed by atoms with E-state index < -0.39 is 10.0 Å². The molecule has 0 bridgehead atoms. The molecule has 7 heteroatoms. The standard InChI is InChI=1S/C12H24N2O4S/c1-3-4-7-13-12(15)10-14(19(2,16)17)9-11-6-5-8-18-11/h11H,3-10H2,1-2H3,(H,13,15). The third-order valence-corrected chi connectivity index (χ3v) is 4.29. The Hall–Kier alpha value is -0.660. The lowest BCUT2D eigenvalue weighted by Gasteiger charge is -2.22. The van der Waals surface area contributed by atoms with Crippen LogP contribution in [0.5, 0.6) is 0 Å². The minimum Gasteiger partial charge on any atom is -0.377 e. The number of amides is 1. The van der Waals surface area contributed by atoms with Crippen LogP contribution in [0.25, 0.3) is 0 Å². The fraction of sp³-hybridized carbons (Fsp3) is 0.917. The first-order chi connectivity index (χ1) is 8.93. The molecule has 1 aliphatic rings. The molecular weight excluding hydrogens is 268 g/mol. The molecule has 1 aliphatic heterocycles. The number of rotatable bonds is 8. The largest absolute Gasteiger partial charge is 0.377 e. The fourth-order valence-corrected chi connectivity index (χ4v) is 2.74. The number of ether oxygens (including phenoxy) is 1. The quantitative estimate of drug-likeness (QED) is 0.655. The second kappa shape index (κ2) is 7.81. The number of carbonyl (C=O) groups excluding carboxylic acids is 1. The van der Waals surface area contributed by atoms with Gasteiger partial charge in [0.25, 0.3) is 0 Å². The van der Waals surface area contributed by atoms with Crippen LogP contribution < -0.4 is 5.32 Å². The summed E-state index contributed by atoms with van der Waals surface area (Å²) in [7, 11) is -3.39. The maximum Gasteiger partial charge on any atom is 0.235 e. The molecule has 0 radical (unpaired) electrons. The SMILES string of the molecule is CCCCNC(=O)CN(CC1CCCO1)S(C)(=O)=O. The van der Waals surface area contributed by atoms with Gasteiger partial charge < -0.3 is 10.1 Å². The van der Waals surface area contributed by atoms with Crippen molar-refractivity contribution >= 4 is 15.9 Å². The Labute approximate surface area is 115 Å². The molecule has 0 aliphatic carbocycles. The van der Waals surface area contributed by atoms with Crippen LogP contribution in [0.2, 0.25) is 0 Å². The second-order valence-corrected chi connectivity index (χ2v) is 6.88. The smallest absolute Gasteiger partial charge is 0.235 e. The lowest BCUT2D eigenvalue weighted by atomic mass is 10.2. The zero-order valence-electron chi connectivity index (χ0n) is 11.7. The predicted octanol–water partition coefficient (Wildman–Crippen LogP) is 0.343. The predicted molar refractivity (Wildman–Crippen MR) is 73.3 cm³/mol. The van der Waals surface area contributed by atoms with Gasteiger partial charge in [-0.1, -0.05) is 13.3 Å². The molecule has 1 N–H and O–H groups in total. The summed E-state index contributed by atoms with van der Waals surface area (Å²) < 4.78 is 30.0. The molecule has 0 aromatic carbocycles. The molecule has 1 heterocycles. The summed E-state index contributed by atoms with van der Waals surface area (Å²) in [5.74, 6) is -0.253. The van der Waals surface area contributed by atoms with E-state index in [4.69, 9.17) is 4.74 Å². The Bertz CT molecular complexity index is 377. The monoisotopic (exact) mass is 292 g/mol. The topological polar surface area (TPSA) is 75.7 Å². The highest BCUT2D eigenvalue weighted by molar-refractivity contribution is 7.88. The van der Waals surface area contributed by atoms with Crippen molar-refractivity contribution in [2.75, 3.05) is 32.5 Å². The number of nitrogens with one attached hydrogen (secondary N) is 1. The number of unbranched alkanes of at least 4 members (excludes halogenated alkanes) is 1. The van der Waals surface area contributed by atoms with E-state index in [1.807, 2.05) is 6.92 Å². The van der Waals surface area contributed by atoms with Crippen LogP contribution in [0.4, 0.5) is 0 Å². The van der Waals surface area contributed by atoms with Crippen molar-refractivity contribution in [2.24, 2.45) is 0 Å². The summed E-state index contributed by atoms with van der Waals surface area (Å²) in [6.45, 7) is 3.44. The van der Waals surface area contributed by atoms with Crippen molar-refractivity contribution in [1.29, 1.82) is 0 Å². The van der Waals surface area contributed by atoms with Crippen molar-refractivity contribution in [2.45, 2.75) is 38.7 Å². The maximum atomic E-state index is 11.7. The Morgan fingerprint density at radius 2 is 2.21 bits per heavy atom. The Morgan fingerprint density at radius 1 is 1.47 bits per heavy atom. The lowest BCUT2D eigenvalue weighted by Crippen LogP contribution is -2.43. The fourth-order valence-electron chi connectivity index (χ4n) is 1.95. The van der Waals surface area contributed by atoms with Crippen LogP contribution in [0.1, 0.15) is 32.6 Å². The molecule has 1 fully saturated rings. The maximum absolute atomic E-state index is 11.7. The third-order valence-electron chi connectivity index (χ3n) is 3.07. The van der Waals surface area contributed by atoms with Gasteiger partial charge in [-0.25, -0.2) is 8.42 Å². The number of nitrogens with zero attached hydrogens (tertiary/aromatic N) is 1. The molecular formula is C12H24N2O4S. The highest BCUT2D eigenvalue weighted by Gasteiger charge is 2.26. The highest BCUT2D eigenvalue weighted by Crippen LogP contribution is 2.14. The summed E-state index contributed by atoms with van der Waals surface area (Å²) >= 11 is 0. The van der Waals surface area contributed by atoms with Crippen molar-refractivity contribution in [3.05, 3.63) is 0 Å². The van der Waals surface area contributed by atoms with Gasteiger partial charge in [0.15, 0.2) is 0 Å². The summed E-state index contributed by atoms with van der Waals surface area (Å²) in [6, 6.07) is 0. The molecule has 6 nitrogen and oxygen atoms in total. The van der Waals surface area contributed by atoms with Crippen LogP contribution in [-0.4, -0.2) is 57.2 Å². The van der Waals surface area contributed by atoms with Gasteiger partial charge in [-0.2, -0.15) is 4.31 Å². The zero-order chi connectivity index (χ0) is 14.3. The molecule has 1 rings (SSSR count). The van der Waals surface area contributed by atoms with E-state index in [9.17, 15) is 13.2 Å². The van der Waals surface area contributed by atoms with E-state index in [1.54, 1.807) is 0 Å². The van der Waals surface area contributed by atoms with Crippen LogP contribution in [0.15, 0.2) is 0 Å². The van der Waals surface area contributed by atoms with Gasteiger partial charge in [0, 0.05) is 19.7 Å². The van der Waals surface area contributed by atoms with Crippen molar-refractivity contribution in [1.82, 2.24) is 9.62 Å². The van der Waals surface area contributed by atoms with Crippen molar-refractivity contribution in [3.63, 3.8) is 0 Å². The summed E-state index contributed by atoms with van der Waals surface area (Å²) in [4.78, 5) is 11.7. The Kier molecular flexibility index (Phi) is 6.74. The van der Waals surface area contributed by atoms with Gasteiger partial charge in [0.05, 0.1) is 18.9 Å². The van der Waals surface area contributed by atoms with E-state index in [2.05, 4.69) is 5.32 Å². The first-order valence-electron chi connectivity index (χ1n) is 6.77. The molecule has 19 heavy (non-hydrogen) atoms. The molecule has 0 spiro atoms. The molecule has 1 atom stereocenters. The molecule has 1 unspecified atom stereocenters. The van der Waals surface area contributed by atoms with E-state index in [0.717, 1.165) is 31.9 Å². The van der Waals surface area contributed by atoms with Crippen LogP contribution in [0, 0.1) is 0 Å². The van der Waals surface area contributed by atoms with E-state index in [1.165, 1.54) is 4.31 Å². The third kappa shape index (κ3) is 6.35. The minimum atomic E-state index is -3.39. The first-order valence-corrected chi connectivity index (χ1v) is 8.61. The summed E-state index contributed by atoms with van der Waals surface area (Å²) in [5.41, 5.74) is 0. The highest BCUT2D eigenvalue weighted by atomic mass is 32.2.